The zero-order valence-electron chi connectivity index (χ0n) is 17.5. The predicted molar refractivity (Wildman–Crippen MR) is 117 cm³/mol. The molecule has 2 aromatic carbocycles. The number of nitro groups is 1. The second-order valence-electron chi connectivity index (χ2n) is 7.61. The SMILES string of the molecule is CC(C)C[C@H](NC(=O)[C@@H](C)N(c1cccc([N+](=O)[O-])c1)S(C)(=O)=O)c1ccccc1. The molecule has 9 heteroatoms. The Kier molecular flexibility index (Phi) is 7.55. The second-order valence-corrected chi connectivity index (χ2v) is 9.47. The molecule has 2 rings (SSSR count). The Morgan fingerprint density at radius 2 is 1.73 bits per heavy atom. The number of rotatable bonds is 9. The lowest BCUT2D eigenvalue weighted by Gasteiger charge is -2.30. The molecule has 8 nitrogen and oxygen atoms in total. The summed E-state index contributed by atoms with van der Waals surface area (Å²) in [7, 11) is -3.88. The second kappa shape index (κ2) is 9.71. The molecule has 0 heterocycles. The summed E-state index contributed by atoms with van der Waals surface area (Å²) in [5.41, 5.74) is 0.734. The van der Waals surface area contributed by atoms with E-state index < -0.39 is 26.9 Å². The molecule has 30 heavy (non-hydrogen) atoms. The van der Waals surface area contributed by atoms with Crippen molar-refractivity contribution >= 4 is 27.3 Å². The standard InChI is InChI=1S/C21H27N3O5S/c1-15(2)13-20(17-9-6-5-7-10-17)22-21(25)16(3)23(30(4,28)29)18-11-8-12-19(14-18)24(26)27/h5-12,14-16,20H,13H2,1-4H3,(H,22,25)/t16-,20+/m1/s1. The average molecular weight is 434 g/mol. The van der Waals surface area contributed by atoms with Crippen LogP contribution in [0.5, 0.6) is 0 Å². The van der Waals surface area contributed by atoms with Gasteiger partial charge < -0.3 is 5.32 Å². The third-order valence-electron chi connectivity index (χ3n) is 4.61. The number of hydrogen-bond acceptors (Lipinski definition) is 5. The lowest BCUT2D eigenvalue weighted by molar-refractivity contribution is -0.384. The van der Waals surface area contributed by atoms with E-state index in [1.807, 2.05) is 44.2 Å². The first-order chi connectivity index (χ1) is 14.0. The first-order valence-corrected chi connectivity index (χ1v) is 11.4. The van der Waals surface area contributed by atoms with Crippen LogP contribution >= 0.6 is 0 Å². The van der Waals surface area contributed by atoms with E-state index in [0.29, 0.717) is 12.3 Å². The predicted octanol–water partition coefficient (Wildman–Crippen LogP) is 3.65. The van der Waals surface area contributed by atoms with Crippen LogP contribution in [0.4, 0.5) is 11.4 Å². The molecule has 162 valence electrons. The number of nitrogens with zero attached hydrogens (tertiary/aromatic N) is 2. The molecule has 0 fully saturated rings. The van der Waals surface area contributed by atoms with Crippen molar-refractivity contribution < 1.29 is 18.1 Å². The number of non-ortho nitro benzene ring substituents is 1. The number of amides is 1. The normalized spacial score (nSPS) is 13.5. The number of sulfonamides is 1. The monoisotopic (exact) mass is 433 g/mol. The summed E-state index contributed by atoms with van der Waals surface area (Å²) < 4.78 is 25.8. The van der Waals surface area contributed by atoms with Crippen LogP contribution in [-0.2, 0) is 14.8 Å². The molecule has 2 aromatic rings. The van der Waals surface area contributed by atoms with Crippen LogP contribution < -0.4 is 9.62 Å². The maximum atomic E-state index is 13.0. The molecule has 0 spiro atoms. The fraction of sp³-hybridized carbons (Fsp3) is 0.381. The molecule has 0 saturated heterocycles. The highest BCUT2D eigenvalue weighted by molar-refractivity contribution is 7.92. The summed E-state index contributed by atoms with van der Waals surface area (Å²) in [5.74, 6) is -0.185. The van der Waals surface area contributed by atoms with Gasteiger partial charge in [-0.1, -0.05) is 50.2 Å². The van der Waals surface area contributed by atoms with Gasteiger partial charge in [0.25, 0.3) is 5.69 Å². The van der Waals surface area contributed by atoms with Crippen molar-refractivity contribution in [3.63, 3.8) is 0 Å². The maximum absolute atomic E-state index is 13.0. The topological polar surface area (TPSA) is 110 Å². The van der Waals surface area contributed by atoms with Gasteiger partial charge in [0.15, 0.2) is 0 Å². The van der Waals surface area contributed by atoms with Crippen LogP contribution in [-0.4, -0.2) is 31.5 Å². The molecule has 0 aliphatic rings. The molecule has 1 amide bonds. The van der Waals surface area contributed by atoms with E-state index >= 15 is 0 Å². The van der Waals surface area contributed by atoms with Gasteiger partial charge in [-0.15, -0.1) is 0 Å². The zero-order valence-corrected chi connectivity index (χ0v) is 18.3. The quantitative estimate of drug-likeness (QED) is 0.479. The molecule has 0 unspecified atom stereocenters. The van der Waals surface area contributed by atoms with Gasteiger partial charge >= 0.3 is 0 Å². The van der Waals surface area contributed by atoms with Crippen molar-refractivity contribution in [2.24, 2.45) is 5.92 Å². The van der Waals surface area contributed by atoms with Gasteiger partial charge in [0.2, 0.25) is 15.9 Å². The third kappa shape index (κ3) is 6.03. The van der Waals surface area contributed by atoms with Gasteiger partial charge in [-0.2, -0.15) is 0 Å². The lowest BCUT2D eigenvalue weighted by atomic mass is 9.96. The smallest absolute Gasteiger partial charge is 0.271 e. The highest BCUT2D eigenvalue weighted by Gasteiger charge is 2.31. The Hall–Kier alpha value is -2.94. The number of hydrogen-bond donors (Lipinski definition) is 1. The first-order valence-electron chi connectivity index (χ1n) is 9.60. The summed E-state index contributed by atoms with van der Waals surface area (Å²) >= 11 is 0. The fourth-order valence-corrected chi connectivity index (χ4v) is 4.45. The van der Waals surface area contributed by atoms with Crippen molar-refractivity contribution in [2.45, 2.75) is 39.3 Å². The zero-order chi connectivity index (χ0) is 22.5. The Morgan fingerprint density at radius 3 is 2.27 bits per heavy atom. The van der Waals surface area contributed by atoms with Crippen LogP contribution in [0.2, 0.25) is 0 Å². The van der Waals surface area contributed by atoms with E-state index in [0.717, 1.165) is 22.2 Å². The van der Waals surface area contributed by atoms with Gasteiger partial charge in [0.1, 0.15) is 6.04 Å². The van der Waals surface area contributed by atoms with Crippen molar-refractivity contribution in [3.05, 3.63) is 70.3 Å². The van der Waals surface area contributed by atoms with Crippen molar-refractivity contribution in [2.75, 3.05) is 10.6 Å². The molecular weight excluding hydrogens is 406 g/mol. The minimum atomic E-state index is -3.88. The largest absolute Gasteiger partial charge is 0.347 e. The number of nitro benzene ring substituents is 1. The fourth-order valence-electron chi connectivity index (χ4n) is 3.28. The molecule has 1 N–H and O–H groups in total. The van der Waals surface area contributed by atoms with Crippen LogP contribution in [0, 0.1) is 16.0 Å². The van der Waals surface area contributed by atoms with Crippen LogP contribution in [0.3, 0.4) is 0 Å². The maximum Gasteiger partial charge on any atom is 0.271 e. The Morgan fingerprint density at radius 1 is 1.10 bits per heavy atom. The van der Waals surface area contributed by atoms with E-state index in [1.54, 1.807) is 0 Å². The number of carbonyl (C=O) groups excluding carboxylic acids is 1. The van der Waals surface area contributed by atoms with E-state index in [9.17, 15) is 23.3 Å². The molecule has 2 atom stereocenters. The van der Waals surface area contributed by atoms with Crippen molar-refractivity contribution in [1.82, 2.24) is 5.32 Å². The Bertz CT molecular complexity index is 993. The summed E-state index contributed by atoms with van der Waals surface area (Å²) in [4.78, 5) is 23.5. The molecular formula is C21H27N3O5S. The number of benzene rings is 2. The molecule has 0 aromatic heterocycles. The minimum Gasteiger partial charge on any atom is -0.347 e. The lowest BCUT2D eigenvalue weighted by Crippen LogP contribution is -2.48. The van der Waals surface area contributed by atoms with E-state index in [4.69, 9.17) is 0 Å². The van der Waals surface area contributed by atoms with Crippen molar-refractivity contribution in [3.8, 4) is 0 Å². The Balaban J connectivity index is 2.35. The third-order valence-corrected chi connectivity index (χ3v) is 5.85. The summed E-state index contributed by atoms with van der Waals surface area (Å²) in [6.07, 6.45) is 1.65. The molecule has 0 bridgehead atoms. The summed E-state index contributed by atoms with van der Waals surface area (Å²) in [6.45, 7) is 5.54. The first kappa shape index (κ1) is 23.3. The number of carbonyl (C=O) groups is 1. The Labute approximate surface area is 177 Å². The van der Waals surface area contributed by atoms with E-state index in [-0.39, 0.29) is 17.4 Å². The highest BCUT2D eigenvalue weighted by atomic mass is 32.2. The van der Waals surface area contributed by atoms with Gasteiger partial charge in [0, 0.05) is 12.1 Å². The van der Waals surface area contributed by atoms with Crippen LogP contribution in [0.25, 0.3) is 0 Å². The molecule has 0 aliphatic carbocycles. The minimum absolute atomic E-state index is 0.0643. The molecule has 0 radical (unpaired) electrons. The van der Waals surface area contributed by atoms with Crippen LogP contribution in [0.15, 0.2) is 54.6 Å². The van der Waals surface area contributed by atoms with Gasteiger partial charge in [-0.05, 0) is 30.9 Å². The number of nitrogens with one attached hydrogen (secondary N) is 1. The number of anilines is 1. The van der Waals surface area contributed by atoms with Crippen LogP contribution in [0.1, 0.15) is 38.8 Å². The van der Waals surface area contributed by atoms with E-state index in [2.05, 4.69) is 5.32 Å². The summed E-state index contributed by atoms with van der Waals surface area (Å²) in [5, 5.41) is 14.0. The van der Waals surface area contributed by atoms with E-state index in [1.165, 1.54) is 25.1 Å². The average Bonchev–Trinajstić information content (AvgIpc) is 2.67. The summed E-state index contributed by atoms with van der Waals surface area (Å²) in [6, 6.07) is 13.3. The van der Waals surface area contributed by atoms with Gasteiger partial charge in [-0.25, -0.2) is 8.42 Å². The van der Waals surface area contributed by atoms with Crippen molar-refractivity contribution in [1.29, 1.82) is 0 Å². The molecule has 0 aliphatic heterocycles. The molecule has 0 saturated carbocycles. The van der Waals surface area contributed by atoms with Gasteiger partial charge in [0.05, 0.1) is 22.9 Å². The highest BCUT2D eigenvalue weighted by Crippen LogP contribution is 2.26. The van der Waals surface area contributed by atoms with Gasteiger partial charge in [-0.3, -0.25) is 19.2 Å².